The third-order valence-corrected chi connectivity index (χ3v) is 5.19. The van der Waals surface area contributed by atoms with Gasteiger partial charge < -0.3 is 25.0 Å². The van der Waals surface area contributed by atoms with Crippen LogP contribution in [0.3, 0.4) is 0 Å². The van der Waals surface area contributed by atoms with E-state index in [-0.39, 0.29) is 17.0 Å². The van der Waals surface area contributed by atoms with Gasteiger partial charge in [0.15, 0.2) is 11.5 Å². The number of methoxy groups -OCH3 is 2. The van der Waals surface area contributed by atoms with Crippen molar-refractivity contribution in [3.05, 3.63) is 58.3 Å². The highest BCUT2D eigenvalue weighted by atomic mass is 16.8. The topological polar surface area (TPSA) is 88.5 Å². The molecular formula is C20H25N2O5-. The monoisotopic (exact) mass is 373 g/mol. The number of β-amino-alcohol motifs (C(OH)–C–C–N with tert-alkyl or cyclic N) is 1. The van der Waals surface area contributed by atoms with Crippen molar-refractivity contribution in [2.75, 3.05) is 32.5 Å². The van der Waals surface area contributed by atoms with Crippen LogP contribution in [0.25, 0.3) is 0 Å². The molecule has 0 radical (unpaired) electrons. The van der Waals surface area contributed by atoms with Crippen molar-refractivity contribution in [1.29, 1.82) is 0 Å². The highest BCUT2D eigenvalue weighted by Gasteiger charge is 2.27. The van der Waals surface area contributed by atoms with E-state index >= 15 is 0 Å². The van der Waals surface area contributed by atoms with Crippen LogP contribution < -0.4 is 14.7 Å². The summed E-state index contributed by atoms with van der Waals surface area (Å²) in [4.78, 5) is 2.19. The van der Waals surface area contributed by atoms with E-state index in [0.29, 0.717) is 17.9 Å². The van der Waals surface area contributed by atoms with Gasteiger partial charge in [-0.05, 0) is 54.3 Å². The summed E-state index contributed by atoms with van der Waals surface area (Å²) >= 11 is 0. The molecule has 3 rings (SSSR count). The van der Waals surface area contributed by atoms with Crippen LogP contribution >= 0.6 is 0 Å². The molecular weight excluding hydrogens is 348 g/mol. The first-order valence-electron chi connectivity index (χ1n) is 8.87. The smallest absolute Gasteiger partial charge is 0.161 e. The number of hydrogen-bond acceptors (Lipinski definition) is 7. The zero-order chi connectivity index (χ0) is 19.6. The van der Waals surface area contributed by atoms with Gasteiger partial charge in [-0.2, -0.15) is 0 Å². The SMILES string of the molecule is COc1cc2c(cc1OC)[C@H](C)N(C[C@H](O)c1cccc(N([O-])O)c1)CC2. The summed E-state index contributed by atoms with van der Waals surface area (Å²) in [7, 11) is 3.25. The van der Waals surface area contributed by atoms with E-state index in [1.807, 2.05) is 12.1 Å². The lowest BCUT2D eigenvalue weighted by molar-refractivity contribution is 0.0863. The Bertz CT molecular complexity index is 796. The maximum Gasteiger partial charge on any atom is 0.161 e. The summed E-state index contributed by atoms with van der Waals surface area (Å²) < 4.78 is 10.8. The summed E-state index contributed by atoms with van der Waals surface area (Å²) in [6.45, 7) is 3.32. The third-order valence-electron chi connectivity index (χ3n) is 5.19. The fourth-order valence-electron chi connectivity index (χ4n) is 3.62. The Hall–Kier alpha value is -2.32. The van der Waals surface area contributed by atoms with E-state index in [1.54, 1.807) is 26.4 Å². The van der Waals surface area contributed by atoms with Gasteiger partial charge >= 0.3 is 0 Å². The van der Waals surface area contributed by atoms with Crippen LogP contribution in [0.4, 0.5) is 5.69 Å². The van der Waals surface area contributed by atoms with Gasteiger partial charge in [0.1, 0.15) is 0 Å². The quantitative estimate of drug-likeness (QED) is 0.752. The second kappa shape index (κ2) is 8.14. The van der Waals surface area contributed by atoms with Crippen molar-refractivity contribution in [1.82, 2.24) is 4.90 Å². The van der Waals surface area contributed by atoms with Crippen molar-refractivity contribution in [2.45, 2.75) is 25.5 Å². The van der Waals surface area contributed by atoms with Gasteiger partial charge in [0.05, 0.1) is 26.0 Å². The van der Waals surface area contributed by atoms with Crippen molar-refractivity contribution >= 4 is 5.69 Å². The maximum atomic E-state index is 11.1. The van der Waals surface area contributed by atoms with Gasteiger partial charge in [0.2, 0.25) is 0 Å². The molecule has 146 valence electrons. The third kappa shape index (κ3) is 4.01. The molecule has 0 saturated heterocycles. The molecule has 2 aromatic carbocycles. The Morgan fingerprint density at radius 3 is 2.59 bits per heavy atom. The summed E-state index contributed by atoms with van der Waals surface area (Å²) in [5, 5.41) is 30.6. The second-order valence-corrected chi connectivity index (χ2v) is 6.71. The minimum atomic E-state index is -0.769. The molecule has 0 spiro atoms. The first-order valence-corrected chi connectivity index (χ1v) is 8.87. The zero-order valence-electron chi connectivity index (χ0n) is 15.8. The zero-order valence-corrected chi connectivity index (χ0v) is 15.8. The molecule has 7 heteroatoms. The van der Waals surface area contributed by atoms with Crippen molar-refractivity contribution in [3.63, 3.8) is 0 Å². The van der Waals surface area contributed by atoms with E-state index in [2.05, 4.69) is 11.8 Å². The number of aliphatic hydroxyl groups is 1. The van der Waals surface area contributed by atoms with Crippen molar-refractivity contribution < 1.29 is 19.8 Å². The molecule has 2 aromatic rings. The Morgan fingerprint density at radius 2 is 1.93 bits per heavy atom. The van der Waals surface area contributed by atoms with Gasteiger partial charge in [0.25, 0.3) is 0 Å². The van der Waals surface area contributed by atoms with Crippen molar-refractivity contribution in [2.24, 2.45) is 0 Å². The summed E-state index contributed by atoms with van der Waals surface area (Å²) in [6.07, 6.45) is 0.0756. The highest BCUT2D eigenvalue weighted by molar-refractivity contribution is 5.49. The van der Waals surface area contributed by atoms with Crippen LogP contribution in [0.1, 0.15) is 35.8 Å². The molecule has 0 aromatic heterocycles. The minimum absolute atomic E-state index is 0.0974. The Balaban J connectivity index is 1.79. The first kappa shape index (κ1) is 19.4. The predicted molar refractivity (Wildman–Crippen MR) is 102 cm³/mol. The molecule has 0 bridgehead atoms. The number of rotatable bonds is 6. The largest absolute Gasteiger partial charge is 0.733 e. The Labute approximate surface area is 158 Å². The first-order chi connectivity index (χ1) is 12.9. The summed E-state index contributed by atoms with van der Waals surface area (Å²) in [5.41, 5.74) is 3.06. The highest BCUT2D eigenvalue weighted by Crippen LogP contribution is 2.38. The Kier molecular flexibility index (Phi) is 5.86. The number of aliphatic hydroxyl groups excluding tert-OH is 1. The lowest BCUT2D eigenvalue weighted by atomic mass is 9.92. The van der Waals surface area contributed by atoms with Crippen molar-refractivity contribution in [3.8, 4) is 11.5 Å². The molecule has 0 fully saturated rings. The minimum Gasteiger partial charge on any atom is -0.733 e. The van der Waals surface area contributed by atoms with E-state index in [1.165, 1.54) is 17.7 Å². The molecule has 1 heterocycles. The lowest BCUT2D eigenvalue weighted by Crippen LogP contribution is -2.37. The molecule has 0 aliphatic carbocycles. The van der Waals surface area contributed by atoms with Crippen LogP contribution in [0.15, 0.2) is 36.4 Å². The normalized spacial score (nSPS) is 17.9. The molecule has 2 atom stereocenters. The fourth-order valence-corrected chi connectivity index (χ4v) is 3.62. The van der Waals surface area contributed by atoms with Crippen LogP contribution in [0.2, 0.25) is 0 Å². The number of ether oxygens (including phenoxy) is 2. The number of nitrogens with zero attached hydrogens (tertiary/aromatic N) is 2. The number of benzene rings is 2. The van der Waals surface area contributed by atoms with Crippen LogP contribution in [-0.4, -0.2) is 42.5 Å². The standard InChI is InChI=1S/C20H25N2O5/c1-13-17-11-20(27-3)19(26-2)10-14(17)7-8-21(13)12-18(23)15-5-4-6-16(9-15)22(24)25/h4-6,9-11,13,18,23-24H,7-8,12H2,1-3H3/q-1/t13-,18-/m0/s1. The van der Waals surface area contributed by atoms with E-state index in [0.717, 1.165) is 24.3 Å². The molecule has 7 nitrogen and oxygen atoms in total. The van der Waals surface area contributed by atoms with Crippen LogP contribution in [-0.2, 0) is 6.42 Å². The predicted octanol–water partition coefficient (Wildman–Crippen LogP) is 3.05. The van der Waals surface area contributed by atoms with E-state index in [9.17, 15) is 10.3 Å². The van der Waals surface area contributed by atoms with Gasteiger partial charge in [0, 0.05) is 19.1 Å². The van der Waals surface area contributed by atoms with Gasteiger partial charge in [-0.1, -0.05) is 12.1 Å². The summed E-state index contributed by atoms with van der Waals surface area (Å²) in [6, 6.07) is 10.5. The molecule has 27 heavy (non-hydrogen) atoms. The average molecular weight is 373 g/mol. The van der Waals surface area contributed by atoms with Gasteiger partial charge in [-0.15, -0.1) is 0 Å². The molecule has 1 aliphatic rings. The number of hydrogen-bond donors (Lipinski definition) is 2. The van der Waals surface area contributed by atoms with E-state index < -0.39 is 6.10 Å². The molecule has 0 amide bonds. The van der Waals surface area contributed by atoms with E-state index in [4.69, 9.17) is 14.7 Å². The van der Waals surface area contributed by atoms with Gasteiger partial charge in [-0.25, -0.2) is 0 Å². The average Bonchev–Trinajstić information content (AvgIpc) is 2.69. The fraction of sp³-hybridized carbons (Fsp3) is 0.400. The number of anilines is 1. The number of fused-ring (bicyclic) bond motifs is 1. The molecule has 0 saturated carbocycles. The maximum absolute atomic E-state index is 11.1. The second-order valence-electron chi connectivity index (χ2n) is 6.71. The molecule has 2 N–H and O–H groups in total. The van der Waals surface area contributed by atoms with Crippen LogP contribution in [0, 0.1) is 5.21 Å². The van der Waals surface area contributed by atoms with Gasteiger partial charge in [-0.3, -0.25) is 10.1 Å². The lowest BCUT2D eigenvalue weighted by Gasteiger charge is -2.37. The van der Waals surface area contributed by atoms with Crippen LogP contribution in [0.5, 0.6) is 11.5 Å². The Morgan fingerprint density at radius 1 is 1.22 bits per heavy atom. The summed E-state index contributed by atoms with van der Waals surface area (Å²) in [5.74, 6) is 1.41. The molecule has 0 unspecified atom stereocenters. The molecule has 1 aliphatic heterocycles.